The molecule has 96 valence electrons. The molecule has 0 radical (unpaired) electrons. The van der Waals surface area contributed by atoms with Crippen LogP contribution in [0.2, 0.25) is 0 Å². The van der Waals surface area contributed by atoms with Crippen molar-refractivity contribution >= 4 is 0 Å². The molecule has 17 heavy (non-hydrogen) atoms. The van der Waals surface area contributed by atoms with Crippen molar-refractivity contribution in [2.24, 2.45) is 11.8 Å². The van der Waals surface area contributed by atoms with E-state index >= 15 is 0 Å². The van der Waals surface area contributed by atoms with Crippen molar-refractivity contribution in [2.75, 3.05) is 7.05 Å². The first-order valence-electron chi connectivity index (χ1n) is 6.97. The van der Waals surface area contributed by atoms with Gasteiger partial charge in [0.25, 0.3) is 0 Å². The Labute approximate surface area is 105 Å². The van der Waals surface area contributed by atoms with Gasteiger partial charge in [-0.15, -0.1) is 0 Å². The number of hydrogen-bond acceptors (Lipinski definition) is 2. The quantitative estimate of drug-likeness (QED) is 0.850. The second-order valence-corrected chi connectivity index (χ2v) is 5.39. The first-order valence-corrected chi connectivity index (χ1v) is 6.97. The average molecular weight is 235 g/mol. The average Bonchev–Trinajstić information content (AvgIpc) is 2.78. The van der Waals surface area contributed by atoms with E-state index in [2.05, 4.69) is 28.0 Å². The highest BCUT2D eigenvalue weighted by Gasteiger charge is 2.20. The maximum atomic E-state index is 4.40. The molecular formula is C14H25N3. The van der Waals surface area contributed by atoms with Gasteiger partial charge in [0, 0.05) is 19.3 Å². The summed E-state index contributed by atoms with van der Waals surface area (Å²) >= 11 is 0. The molecule has 1 heterocycles. The van der Waals surface area contributed by atoms with Crippen LogP contribution in [0, 0.1) is 11.8 Å². The van der Waals surface area contributed by atoms with E-state index in [1.54, 1.807) is 0 Å². The zero-order valence-electron chi connectivity index (χ0n) is 11.2. The minimum Gasteiger partial charge on any atom is -0.337 e. The van der Waals surface area contributed by atoms with Crippen molar-refractivity contribution in [1.82, 2.24) is 14.9 Å². The van der Waals surface area contributed by atoms with Crippen molar-refractivity contribution in [3.63, 3.8) is 0 Å². The van der Waals surface area contributed by atoms with Crippen LogP contribution < -0.4 is 5.32 Å². The minimum atomic E-state index is 0.870. The summed E-state index contributed by atoms with van der Waals surface area (Å²) < 4.78 is 2.27. The molecule has 1 N–H and O–H groups in total. The van der Waals surface area contributed by atoms with E-state index in [1.807, 2.05) is 13.4 Å². The summed E-state index contributed by atoms with van der Waals surface area (Å²) in [5.74, 6) is 1.86. The zero-order valence-corrected chi connectivity index (χ0v) is 11.2. The molecule has 0 amide bonds. The Hall–Kier alpha value is -0.830. The van der Waals surface area contributed by atoms with Gasteiger partial charge in [0.15, 0.2) is 0 Å². The minimum absolute atomic E-state index is 0.870. The Bertz CT molecular complexity index is 324. The molecule has 1 aromatic heterocycles. The van der Waals surface area contributed by atoms with Crippen LogP contribution in [0.4, 0.5) is 0 Å². The van der Waals surface area contributed by atoms with Gasteiger partial charge in [0.2, 0.25) is 0 Å². The number of nitrogens with zero attached hydrogens (tertiary/aromatic N) is 2. The van der Waals surface area contributed by atoms with Gasteiger partial charge in [-0.3, -0.25) is 0 Å². The zero-order chi connectivity index (χ0) is 12.1. The Morgan fingerprint density at radius 2 is 2.00 bits per heavy atom. The van der Waals surface area contributed by atoms with Crippen LogP contribution in [0.1, 0.15) is 44.7 Å². The van der Waals surface area contributed by atoms with Crippen molar-refractivity contribution in [3.05, 3.63) is 18.2 Å². The van der Waals surface area contributed by atoms with Gasteiger partial charge in [-0.1, -0.05) is 26.2 Å². The third-order valence-electron chi connectivity index (χ3n) is 4.06. The summed E-state index contributed by atoms with van der Waals surface area (Å²) in [6.07, 6.45) is 11.2. The third kappa shape index (κ3) is 3.56. The predicted octanol–water partition coefficient (Wildman–Crippen LogP) is 2.82. The highest BCUT2D eigenvalue weighted by atomic mass is 15.0. The summed E-state index contributed by atoms with van der Waals surface area (Å²) in [7, 11) is 1.96. The number of hydrogen-bond donors (Lipinski definition) is 1. The van der Waals surface area contributed by atoms with E-state index in [4.69, 9.17) is 0 Å². The molecule has 0 spiro atoms. The largest absolute Gasteiger partial charge is 0.337 e. The molecule has 1 fully saturated rings. The van der Waals surface area contributed by atoms with Crippen LogP contribution in [0.3, 0.4) is 0 Å². The summed E-state index contributed by atoms with van der Waals surface area (Å²) in [5.41, 5.74) is 1.15. The van der Waals surface area contributed by atoms with Gasteiger partial charge in [0.05, 0.1) is 12.0 Å². The van der Waals surface area contributed by atoms with E-state index in [0.717, 1.165) is 30.6 Å². The molecule has 0 aliphatic heterocycles. The molecular weight excluding hydrogens is 210 g/mol. The van der Waals surface area contributed by atoms with Crippen LogP contribution in [-0.2, 0) is 13.1 Å². The molecule has 3 nitrogen and oxygen atoms in total. The summed E-state index contributed by atoms with van der Waals surface area (Å²) in [4.78, 5) is 4.40. The highest BCUT2D eigenvalue weighted by molar-refractivity contribution is 4.96. The van der Waals surface area contributed by atoms with Gasteiger partial charge in [-0.2, -0.15) is 0 Å². The second kappa shape index (κ2) is 6.20. The third-order valence-corrected chi connectivity index (χ3v) is 4.06. The standard InChI is InChI=1S/C14H25N3/c1-3-12-4-6-13(7-5-12)9-17-10-14(8-15-2)16-11-17/h10-13,15H,3-9H2,1-2H3. The molecule has 1 aromatic rings. The molecule has 1 aliphatic carbocycles. The molecule has 0 saturated heterocycles. The topological polar surface area (TPSA) is 29.9 Å². The smallest absolute Gasteiger partial charge is 0.0950 e. The number of nitrogens with one attached hydrogen (secondary N) is 1. The molecule has 1 saturated carbocycles. The van der Waals surface area contributed by atoms with E-state index in [1.165, 1.54) is 32.1 Å². The van der Waals surface area contributed by atoms with Gasteiger partial charge < -0.3 is 9.88 Å². The van der Waals surface area contributed by atoms with Gasteiger partial charge >= 0.3 is 0 Å². The molecule has 0 aromatic carbocycles. The summed E-state index contributed by atoms with van der Waals surface area (Å²) in [6, 6.07) is 0. The lowest BCUT2D eigenvalue weighted by molar-refractivity contribution is 0.247. The fourth-order valence-electron chi connectivity index (χ4n) is 2.90. The monoisotopic (exact) mass is 235 g/mol. The molecule has 3 heteroatoms. The molecule has 1 aliphatic rings. The normalized spacial score (nSPS) is 25.1. The van der Waals surface area contributed by atoms with Crippen LogP contribution in [0.15, 0.2) is 12.5 Å². The van der Waals surface area contributed by atoms with Crippen molar-refractivity contribution in [2.45, 2.75) is 52.1 Å². The Balaban J connectivity index is 1.80. The van der Waals surface area contributed by atoms with Crippen molar-refractivity contribution in [1.29, 1.82) is 0 Å². The number of aromatic nitrogens is 2. The Kier molecular flexibility index (Phi) is 4.60. The molecule has 0 unspecified atom stereocenters. The number of rotatable bonds is 5. The lowest BCUT2D eigenvalue weighted by Gasteiger charge is -2.27. The summed E-state index contributed by atoms with van der Waals surface area (Å²) in [6.45, 7) is 4.35. The SMILES string of the molecule is CCC1CCC(Cn2cnc(CNC)c2)CC1. The van der Waals surface area contributed by atoms with Gasteiger partial charge in [-0.25, -0.2) is 4.98 Å². The highest BCUT2D eigenvalue weighted by Crippen LogP contribution is 2.31. The number of imidazole rings is 1. The fraction of sp³-hybridized carbons (Fsp3) is 0.786. The second-order valence-electron chi connectivity index (χ2n) is 5.39. The maximum Gasteiger partial charge on any atom is 0.0950 e. The van der Waals surface area contributed by atoms with E-state index < -0.39 is 0 Å². The van der Waals surface area contributed by atoms with Gasteiger partial charge in [0.1, 0.15) is 0 Å². The Morgan fingerprint density at radius 3 is 2.65 bits per heavy atom. The molecule has 0 atom stereocenters. The lowest BCUT2D eigenvalue weighted by Crippen LogP contribution is -2.18. The Morgan fingerprint density at radius 1 is 1.29 bits per heavy atom. The van der Waals surface area contributed by atoms with Crippen LogP contribution in [0.25, 0.3) is 0 Å². The fourth-order valence-corrected chi connectivity index (χ4v) is 2.90. The maximum absolute atomic E-state index is 4.40. The van der Waals surface area contributed by atoms with E-state index in [9.17, 15) is 0 Å². The molecule has 2 rings (SSSR count). The summed E-state index contributed by atoms with van der Waals surface area (Å²) in [5, 5.41) is 3.14. The lowest BCUT2D eigenvalue weighted by atomic mass is 9.81. The van der Waals surface area contributed by atoms with Crippen molar-refractivity contribution < 1.29 is 0 Å². The predicted molar refractivity (Wildman–Crippen MR) is 70.7 cm³/mol. The first-order chi connectivity index (χ1) is 8.31. The van der Waals surface area contributed by atoms with Crippen molar-refractivity contribution in [3.8, 4) is 0 Å². The van der Waals surface area contributed by atoms with E-state index in [-0.39, 0.29) is 0 Å². The van der Waals surface area contributed by atoms with E-state index in [0.29, 0.717) is 0 Å². The van der Waals surface area contributed by atoms with Crippen LogP contribution in [-0.4, -0.2) is 16.6 Å². The molecule has 0 bridgehead atoms. The van der Waals surface area contributed by atoms with Crippen LogP contribution >= 0.6 is 0 Å². The van der Waals surface area contributed by atoms with Gasteiger partial charge in [-0.05, 0) is 31.7 Å². The van der Waals surface area contributed by atoms with Crippen LogP contribution in [0.5, 0.6) is 0 Å². The first kappa shape index (κ1) is 12.6.